The van der Waals surface area contributed by atoms with E-state index in [1.165, 1.54) is 38.5 Å². The maximum atomic E-state index is 11.7. The van der Waals surface area contributed by atoms with Crippen molar-refractivity contribution in [2.75, 3.05) is 6.61 Å². The number of pyridine rings is 2. The molecule has 9 nitrogen and oxygen atoms in total. The maximum absolute atomic E-state index is 11.7. The molecule has 4 heterocycles. The lowest BCUT2D eigenvalue weighted by Crippen LogP contribution is -2.22. The highest BCUT2D eigenvalue weighted by Gasteiger charge is 2.27. The first-order valence-corrected chi connectivity index (χ1v) is 14.4. The molecule has 39 heavy (non-hydrogen) atoms. The van der Waals surface area contributed by atoms with E-state index in [1.54, 1.807) is 12.4 Å². The van der Waals surface area contributed by atoms with Crippen molar-refractivity contribution in [3.05, 3.63) is 45.9 Å². The highest BCUT2D eigenvalue weighted by molar-refractivity contribution is 6.30. The largest absolute Gasteiger partial charge is 0.439 e. The summed E-state index contributed by atoms with van der Waals surface area (Å²) in [6.45, 7) is 9.95. The van der Waals surface area contributed by atoms with Crippen LogP contribution in [0.3, 0.4) is 0 Å². The monoisotopic (exact) mass is 552 g/mol. The summed E-state index contributed by atoms with van der Waals surface area (Å²) < 4.78 is 13.1. The summed E-state index contributed by atoms with van der Waals surface area (Å²) in [7, 11) is 0. The van der Waals surface area contributed by atoms with Crippen molar-refractivity contribution in [2.24, 2.45) is 11.8 Å². The number of H-pyrrole nitrogens is 1. The van der Waals surface area contributed by atoms with Crippen molar-refractivity contribution in [1.82, 2.24) is 29.7 Å². The molecule has 1 fully saturated rings. The average Bonchev–Trinajstić information content (AvgIpc) is 3.51. The summed E-state index contributed by atoms with van der Waals surface area (Å²) in [5.74, 6) is 2.04. The normalized spacial score (nSPS) is 18.7. The Morgan fingerprint density at radius 2 is 1.90 bits per heavy atom. The fourth-order valence-corrected chi connectivity index (χ4v) is 5.89. The first kappa shape index (κ1) is 27.5. The number of imidazole rings is 1. The van der Waals surface area contributed by atoms with Crippen molar-refractivity contribution in [3.8, 4) is 22.8 Å². The van der Waals surface area contributed by atoms with E-state index in [1.807, 2.05) is 26.0 Å². The summed E-state index contributed by atoms with van der Waals surface area (Å²) in [6.07, 6.45) is 11.0. The minimum absolute atomic E-state index is 0.0665. The molecule has 4 aromatic rings. The van der Waals surface area contributed by atoms with Crippen molar-refractivity contribution in [3.63, 3.8) is 0 Å². The molecule has 208 valence electrons. The molecule has 1 atom stereocenters. The number of aromatic nitrogens is 6. The Labute approximate surface area is 233 Å². The second-order valence-corrected chi connectivity index (χ2v) is 11.5. The van der Waals surface area contributed by atoms with E-state index in [9.17, 15) is 4.79 Å². The maximum Gasteiger partial charge on any atom is 0.439 e. The van der Waals surface area contributed by atoms with Gasteiger partial charge in [-0.2, -0.15) is 0 Å². The molecule has 0 saturated heterocycles. The van der Waals surface area contributed by atoms with Crippen LogP contribution < -0.4 is 5.76 Å². The second kappa shape index (κ2) is 12.0. The van der Waals surface area contributed by atoms with Gasteiger partial charge in [-0.25, -0.2) is 14.8 Å². The number of nitrogens with zero attached hydrogens (tertiary/aromatic N) is 5. The second-order valence-electron chi connectivity index (χ2n) is 11.1. The molecule has 4 aromatic heterocycles. The number of aromatic amines is 1. The molecule has 1 saturated carbocycles. The summed E-state index contributed by atoms with van der Waals surface area (Å²) in [4.78, 5) is 28.7. The average molecular weight is 553 g/mol. The van der Waals surface area contributed by atoms with Crippen LogP contribution in [0.4, 0.5) is 0 Å². The summed E-state index contributed by atoms with van der Waals surface area (Å²) in [6, 6.07) is 3.71. The van der Waals surface area contributed by atoms with Gasteiger partial charge in [-0.15, -0.1) is 0 Å². The molecule has 1 aliphatic rings. The number of hydrogen-bond donors (Lipinski definition) is 1. The molecule has 10 heteroatoms. The van der Waals surface area contributed by atoms with Gasteiger partial charge >= 0.3 is 5.76 Å². The van der Waals surface area contributed by atoms with Crippen molar-refractivity contribution >= 4 is 22.6 Å². The zero-order chi connectivity index (χ0) is 27.5. The lowest BCUT2D eigenvalue weighted by atomic mass is 9.80. The third kappa shape index (κ3) is 6.25. The highest BCUT2D eigenvalue weighted by atomic mass is 35.5. The third-order valence-corrected chi connectivity index (χ3v) is 7.85. The van der Waals surface area contributed by atoms with E-state index < -0.39 is 5.76 Å². The Morgan fingerprint density at radius 1 is 1.13 bits per heavy atom. The first-order valence-electron chi connectivity index (χ1n) is 14.0. The van der Waals surface area contributed by atoms with Gasteiger partial charge in [0.25, 0.3) is 0 Å². The number of nitrogens with one attached hydrogen (secondary N) is 1. The molecular weight excluding hydrogens is 516 g/mol. The van der Waals surface area contributed by atoms with E-state index in [0.717, 1.165) is 34.9 Å². The minimum Gasteiger partial charge on any atom is -0.378 e. The van der Waals surface area contributed by atoms with Crippen LogP contribution >= 0.6 is 11.6 Å². The van der Waals surface area contributed by atoms with E-state index in [2.05, 4.69) is 33.5 Å². The lowest BCUT2D eigenvalue weighted by Gasteiger charge is -2.29. The van der Waals surface area contributed by atoms with Gasteiger partial charge in [-0.05, 0) is 50.7 Å². The number of ether oxygens (including phenoxy) is 1. The van der Waals surface area contributed by atoms with Crippen LogP contribution in [0.1, 0.15) is 78.0 Å². The Kier molecular flexibility index (Phi) is 8.47. The zero-order valence-corrected chi connectivity index (χ0v) is 23.9. The van der Waals surface area contributed by atoms with Gasteiger partial charge in [0, 0.05) is 30.4 Å². The molecule has 0 spiro atoms. The standard InChI is InChI=1S/C29H37ClN6O3/c1-5-6-19-7-9-20(10-8-19)15-36-26-23(33-28(36)18(4)16-38-17(2)3)12-24(27-34-29(37)39-35-27)32-25(26)21-11-22(30)14-31-13-21/h11-14,17-20H,5-10,15-16H2,1-4H3,(H,34,35,37). The fourth-order valence-electron chi connectivity index (χ4n) is 5.72. The molecule has 5 rings (SSSR count). The topological polar surface area (TPSA) is 112 Å². The van der Waals surface area contributed by atoms with Crippen LogP contribution in [0.5, 0.6) is 0 Å². The van der Waals surface area contributed by atoms with Crippen molar-refractivity contribution in [2.45, 2.75) is 84.8 Å². The van der Waals surface area contributed by atoms with Gasteiger partial charge in [0.05, 0.1) is 34.5 Å². The van der Waals surface area contributed by atoms with Crippen LogP contribution in [-0.4, -0.2) is 42.4 Å². The van der Waals surface area contributed by atoms with Crippen LogP contribution in [0.2, 0.25) is 5.02 Å². The molecule has 1 N–H and O–H groups in total. The predicted molar refractivity (Wildman–Crippen MR) is 152 cm³/mol. The Morgan fingerprint density at radius 3 is 2.56 bits per heavy atom. The molecule has 0 radical (unpaired) electrons. The molecule has 1 aliphatic carbocycles. The van der Waals surface area contributed by atoms with E-state index in [-0.39, 0.29) is 17.8 Å². The summed E-state index contributed by atoms with van der Waals surface area (Å²) in [5, 5.41) is 4.39. The van der Waals surface area contributed by atoms with Crippen LogP contribution in [-0.2, 0) is 11.3 Å². The van der Waals surface area contributed by atoms with Crippen molar-refractivity contribution < 1.29 is 9.26 Å². The van der Waals surface area contributed by atoms with Crippen LogP contribution in [0, 0.1) is 11.8 Å². The van der Waals surface area contributed by atoms with E-state index >= 15 is 0 Å². The van der Waals surface area contributed by atoms with Crippen LogP contribution in [0.15, 0.2) is 33.8 Å². The van der Waals surface area contributed by atoms with Gasteiger partial charge in [0.2, 0.25) is 5.82 Å². The minimum atomic E-state index is -0.637. The van der Waals surface area contributed by atoms with Gasteiger partial charge in [0.1, 0.15) is 11.5 Å². The lowest BCUT2D eigenvalue weighted by molar-refractivity contribution is 0.0681. The summed E-state index contributed by atoms with van der Waals surface area (Å²) >= 11 is 6.36. The number of halogens is 1. The predicted octanol–water partition coefficient (Wildman–Crippen LogP) is 6.63. The zero-order valence-electron chi connectivity index (χ0n) is 23.1. The molecule has 0 bridgehead atoms. The van der Waals surface area contributed by atoms with Gasteiger partial charge in [0.15, 0.2) is 0 Å². The molecule has 0 aliphatic heterocycles. The van der Waals surface area contributed by atoms with Gasteiger partial charge < -0.3 is 9.30 Å². The first-order chi connectivity index (χ1) is 18.8. The highest BCUT2D eigenvalue weighted by Crippen LogP contribution is 2.37. The van der Waals surface area contributed by atoms with Gasteiger partial charge in [-0.3, -0.25) is 14.5 Å². The van der Waals surface area contributed by atoms with E-state index in [0.29, 0.717) is 28.9 Å². The third-order valence-electron chi connectivity index (χ3n) is 7.64. The SMILES string of the molecule is CCCC1CCC(Cn2c(C(C)COC(C)C)nc3cc(-c4noc(=O)[nH]4)nc(-c4cncc(Cl)c4)c32)CC1. The number of fused-ring (bicyclic) bond motifs is 1. The Hall–Kier alpha value is -3.04. The van der Waals surface area contributed by atoms with Gasteiger partial charge in [-0.1, -0.05) is 56.3 Å². The fraction of sp³-hybridized carbons (Fsp3) is 0.552. The molecule has 0 aromatic carbocycles. The van der Waals surface area contributed by atoms with Crippen LogP contribution in [0.25, 0.3) is 33.8 Å². The van der Waals surface area contributed by atoms with E-state index in [4.69, 9.17) is 30.8 Å². The van der Waals surface area contributed by atoms with Crippen molar-refractivity contribution in [1.29, 1.82) is 0 Å². The quantitative estimate of drug-likeness (QED) is 0.235. The number of rotatable bonds is 10. The molecular formula is C29H37ClN6O3. The molecule has 1 unspecified atom stereocenters. The number of hydrogen-bond acceptors (Lipinski definition) is 7. The summed E-state index contributed by atoms with van der Waals surface area (Å²) in [5.41, 5.74) is 3.62. The smallest absolute Gasteiger partial charge is 0.378 e. The molecule has 0 amide bonds. The Balaban J connectivity index is 1.65. The Bertz CT molecular complexity index is 1470.